The summed E-state index contributed by atoms with van der Waals surface area (Å²) in [6.07, 6.45) is 26.4. The van der Waals surface area contributed by atoms with E-state index in [1.54, 1.807) is 0 Å². The molecule has 0 saturated heterocycles. The zero-order chi connectivity index (χ0) is 19.9. The summed E-state index contributed by atoms with van der Waals surface area (Å²) in [5.74, 6) is 0. The predicted molar refractivity (Wildman–Crippen MR) is 125 cm³/mol. The molecule has 0 heterocycles. The third kappa shape index (κ3) is 8.68. The van der Waals surface area contributed by atoms with Crippen molar-refractivity contribution in [1.29, 1.82) is 0 Å². The highest BCUT2D eigenvalue weighted by Gasteiger charge is 2.33. The lowest BCUT2D eigenvalue weighted by Crippen LogP contribution is -2.33. The fourth-order valence-electron chi connectivity index (χ4n) is 4.96. The average molecular weight is 386 g/mol. The molecule has 1 aromatic carbocycles. The molecule has 1 atom stereocenters. The fourth-order valence-corrected chi connectivity index (χ4v) is 4.96. The van der Waals surface area contributed by atoms with Crippen molar-refractivity contribution in [3.05, 3.63) is 35.4 Å². The second-order valence-electron chi connectivity index (χ2n) is 9.37. The first kappa shape index (κ1) is 23.5. The Morgan fingerprint density at radius 3 is 1.68 bits per heavy atom. The monoisotopic (exact) mass is 385 g/mol. The van der Waals surface area contributed by atoms with Crippen LogP contribution in [0.4, 0.5) is 0 Å². The van der Waals surface area contributed by atoms with Gasteiger partial charge in [0.1, 0.15) is 0 Å². The van der Waals surface area contributed by atoms with E-state index in [-0.39, 0.29) is 5.54 Å². The summed E-state index contributed by atoms with van der Waals surface area (Å²) in [5, 5.41) is 0. The molecule has 1 aliphatic carbocycles. The molecule has 1 heteroatoms. The molecule has 1 unspecified atom stereocenters. The fraction of sp³-hybridized carbons (Fsp3) is 0.778. The predicted octanol–water partition coefficient (Wildman–Crippen LogP) is 8.44. The molecule has 0 aliphatic heterocycles. The molecule has 0 aromatic heterocycles. The molecule has 28 heavy (non-hydrogen) atoms. The van der Waals surface area contributed by atoms with Crippen molar-refractivity contribution < 1.29 is 0 Å². The Kier molecular flexibility index (Phi) is 11.9. The lowest BCUT2D eigenvalue weighted by atomic mass is 9.87. The minimum atomic E-state index is -0.0351. The van der Waals surface area contributed by atoms with Crippen LogP contribution in [0.3, 0.4) is 0 Å². The Labute approximate surface area is 175 Å². The number of benzene rings is 1. The number of hydrogen-bond donors (Lipinski definition) is 1. The molecule has 0 saturated carbocycles. The van der Waals surface area contributed by atoms with Crippen molar-refractivity contribution in [3.8, 4) is 0 Å². The minimum Gasteiger partial charge on any atom is -0.321 e. The van der Waals surface area contributed by atoms with Gasteiger partial charge in [-0.25, -0.2) is 0 Å². The van der Waals surface area contributed by atoms with Crippen LogP contribution in [0.2, 0.25) is 0 Å². The summed E-state index contributed by atoms with van der Waals surface area (Å²) >= 11 is 0. The van der Waals surface area contributed by atoms with Crippen molar-refractivity contribution in [3.63, 3.8) is 0 Å². The molecule has 0 fully saturated rings. The Balaban J connectivity index is 1.35. The molecule has 160 valence electrons. The van der Waals surface area contributed by atoms with E-state index in [1.165, 1.54) is 127 Å². The molecule has 1 aliphatic rings. The first-order valence-corrected chi connectivity index (χ1v) is 12.6. The largest absolute Gasteiger partial charge is 0.321 e. The van der Waals surface area contributed by atoms with E-state index in [0.717, 1.165) is 6.42 Å². The molecular weight excluding hydrogens is 338 g/mol. The van der Waals surface area contributed by atoms with E-state index in [1.807, 2.05) is 0 Å². The maximum absolute atomic E-state index is 6.73. The molecular formula is C27H47N. The first-order valence-electron chi connectivity index (χ1n) is 12.6. The number of nitrogens with two attached hydrogens (primary N) is 1. The van der Waals surface area contributed by atoms with Crippen LogP contribution in [-0.2, 0) is 12.0 Å². The number of unbranched alkanes of at least 4 members (excludes halogenated alkanes) is 15. The lowest BCUT2D eigenvalue weighted by molar-refractivity contribution is 0.383. The molecule has 1 aromatic rings. The second kappa shape index (κ2) is 14.2. The highest BCUT2D eigenvalue weighted by molar-refractivity contribution is 5.38. The molecule has 2 rings (SSSR count). The third-order valence-electron chi connectivity index (χ3n) is 6.87. The quantitative estimate of drug-likeness (QED) is 0.267. The number of fused-ring (bicyclic) bond motifs is 1. The summed E-state index contributed by atoms with van der Waals surface area (Å²) in [5.41, 5.74) is 9.61. The highest BCUT2D eigenvalue weighted by Crippen LogP contribution is 2.38. The van der Waals surface area contributed by atoms with Gasteiger partial charge in [0.15, 0.2) is 0 Å². The van der Waals surface area contributed by atoms with E-state index >= 15 is 0 Å². The van der Waals surface area contributed by atoms with Gasteiger partial charge in [-0.3, -0.25) is 0 Å². The van der Waals surface area contributed by atoms with Gasteiger partial charge >= 0.3 is 0 Å². The zero-order valence-electron chi connectivity index (χ0n) is 18.8. The van der Waals surface area contributed by atoms with Crippen LogP contribution in [0.1, 0.15) is 134 Å². The normalized spacial score (nSPS) is 18.5. The molecule has 0 bridgehead atoms. The van der Waals surface area contributed by atoms with Gasteiger partial charge in [0.25, 0.3) is 0 Å². The molecule has 0 spiro atoms. The maximum Gasteiger partial charge on any atom is 0.0415 e. The van der Waals surface area contributed by atoms with Crippen molar-refractivity contribution in [2.45, 2.75) is 134 Å². The first-order chi connectivity index (χ1) is 13.8. The van der Waals surface area contributed by atoms with Gasteiger partial charge in [-0.2, -0.15) is 0 Å². The van der Waals surface area contributed by atoms with E-state index in [4.69, 9.17) is 5.73 Å². The lowest BCUT2D eigenvalue weighted by Gasteiger charge is -2.25. The summed E-state index contributed by atoms with van der Waals surface area (Å²) in [7, 11) is 0. The van der Waals surface area contributed by atoms with Crippen molar-refractivity contribution in [2.24, 2.45) is 5.73 Å². The zero-order valence-corrected chi connectivity index (χ0v) is 18.8. The van der Waals surface area contributed by atoms with Gasteiger partial charge < -0.3 is 5.73 Å². The average Bonchev–Trinajstić information content (AvgIpc) is 3.05. The number of hydrogen-bond acceptors (Lipinski definition) is 1. The van der Waals surface area contributed by atoms with Gasteiger partial charge in [0, 0.05) is 5.54 Å². The summed E-state index contributed by atoms with van der Waals surface area (Å²) < 4.78 is 0. The van der Waals surface area contributed by atoms with Crippen LogP contribution in [-0.4, -0.2) is 0 Å². The van der Waals surface area contributed by atoms with E-state index in [9.17, 15) is 0 Å². The van der Waals surface area contributed by atoms with Gasteiger partial charge in [-0.05, 0) is 30.4 Å². The Morgan fingerprint density at radius 2 is 1.14 bits per heavy atom. The molecule has 0 amide bonds. The highest BCUT2D eigenvalue weighted by atomic mass is 14.8. The van der Waals surface area contributed by atoms with E-state index in [2.05, 4.69) is 31.2 Å². The van der Waals surface area contributed by atoms with Gasteiger partial charge in [0.05, 0.1) is 0 Å². The van der Waals surface area contributed by atoms with Crippen molar-refractivity contribution in [2.75, 3.05) is 0 Å². The topological polar surface area (TPSA) is 26.0 Å². The van der Waals surface area contributed by atoms with Crippen LogP contribution in [0.15, 0.2) is 24.3 Å². The minimum absolute atomic E-state index is 0.0351. The third-order valence-corrected chi connectivity index (χ3v) is 6.87. The van der Waals surface area contributed by atoms with Crippen LogP contribution >= 0.6 is 0 Å². The van der Waals surface area contributed by atoms with Gasteiger partial charge in [-0.15, -0.1) is 0 Å². The standard InChI is InChI=1S/C27H47N/c1-2-3-4-5-6-7-8-9-10-11-12-13-14-15-16-19-23-27(28)24-22-25-20-17-18-21-26(25)27/h17-18,20-21H,2-16,19,22-24,28H2,1H3. The number of aryl methyl sites for hydroxylation is 1. The summed E-state index contributed by atoms with van der Waals surface area (Å²) in [4.78, 5) is 0. The molecule has 2 N–H and O–H groups in total. The summed E-state index contributed by atoms with van der Waals surface area (Å²) in [6.45, 7) is 2.30. The number of rotatable bonds is 17. The maximum atomic E-state index is 6.73. The smallest absolute Gasteiger partial charge is 0.0415 e. The van der Waals surface area contributed by atoms with Crippen LogP contribution in [0, 0.1) is 0 Å². The van der Waals surface area contributed by atoms with Gasteiger partial charge in [0.2, 0.25) is 0 Å². The molecule has 1 nitrogen and oxygen atoms in total. The Morgan fingerprint density at radius 1 is 0.679 bits per heavy atom. The Bertz CT molecular complexity index is 509. The van der Waals surface area contributed by atoms with E-state index < -0.39 is 0 Å². The van der Waals surface area contributed by atoms with Crippen molar-refractivity contribution >= 4 is 0 Å². The van der Waals surface area contributed by atoms with Gasteiger partial charge in [-0.1, -0.05) is 134 Å². The van der Waals surface area contributed by atoms with Crippen LogP contribution in [0.25, 0.3) is 0 Å². The van der Waals surface area contributed by atoms with E-state index in [0.29, 0.717) is 0 Å². The second-order valence-corrected chi connectivity index (χ2v) is 9.37. The SMILES string of the molecule is CCCCCCCCCCCCCCCCCCC1(N)CCc2ccccc21. The molecule has 0 radical (unpaired) electrons. The summed E-state index contributed by atoms with van der Waals surface area (Å²) in [6, 6.07) is 8.82. The van der Waals surface area contributed by atoms with Crippen molar-refractivity contribution in [1.82, 2.24) is 0 Å². The van der Waals surface area contributed by atoms with Crippen LogP contribution in [0.5, 0.6) is 0 Å². The van der Waals surface area contributed by atoms with Crippen LogP contribution < -0.4 is 5.73 Å². The Hall–Kier alpha value is -0.820.